The van der Waals surface area contributed by atoms with Gasteiger partial charge in [-0.3, -0.25) is 0 Å². The Morgan fingerprint density at radius 1 is 0.375 bits per heavy atom. The summed E-state index contributed by atoms with van der Waals surface area (Å²) in [5.74, 6) is 0. The Bertz CT molecular complexity index is 426. The van der Waals surface area contributed by atoms with Gasteiger partial charge in [0.2, 0.25) is 0 Å². The fourth-order valence-corrected chi connectivity index (χ4v) is 1.52. The van der Waals surface area contributed by atoms with Gasteiger partial charge in [-0.2, -0.15) is 0 Å². The number of allylic oxidation sites excluding steroid dienone is 16. The van der Waals surface area contributed by atoms with E-state index in [-0.39, 0.29) is 0 Å². The summed E-state index contributed by atoms with van der Waals surface area (Å²) in [6.45, 7) is 0. The van der Waals surface area contributed by atoms with Crippen LogP contribution in [0.3, 0.4) is 0 Å². The smallest absolute Gasteiger partial charge is 0.0184 e. The highest BCUT2D eigenvalue weighted by atomic mass is 14.0. The summed E-state index contributed by atoms with van der Waals surface area (Å²) >= 11 is 0. The highest BCUT2D eigenvalue weighted by Gasteiger charge is 1.96. The molecule has 0 heterocycles. The second-order valence-electron chi connectivity index (χ2n) is 3.50. The molecule has 0 atom stereocenters. The highest BCUT2D eigenvalue weighted by molar-refractivity contribution is 5.52. The summed E-state index contributed by atoms with van der Waals surface area (Å²) in [6.07, 6.45) is 28.9. The van der Waals surface area contributed by atoms with Gasteiger partial charge in [-0.1, -0.05) is 85.1 Å². The van der Waals surface area contributed by atoms with Crippen LogP contribution >= 0.6 is 0 Å². The number of hydrogen-bond acceptors (Lipinski definition) is 0. The number of hydrogen-bond donors (Lipinski definition) is 0. The minimum atomic E-state index is 1.22. The molecule has 2 rings (SSSR count). The van der Waals surface area contributed by atoms with E-state index in [0.717, 1.165) is 0 Å². The van der Waals surface area contributed by atoms with Crippen LogP contribution in [0.25, 0.3) is 0 Å². The first kappa shape index (κ1) is 10.4. The van der Waals surface area contributed by atoms with Crippen LogP contribution in [0, 0.1) is 0 Å². The third kappa shape index (κ3) is 2.96. The van der Waals surface area contributed by atoms with Crippen LogP contribution in [0.1, 0.15) is 0 Å². The van der Waals surface area contributed by atoms with Gasteiger partial charge in [-0.25, -0.2) is 0 Å². The standard InChI is InChI=1S/C16H14/c1-3-7-11-15-13-9-5-2-6-10-14-16(15)12-8-4-1/h1-14H/b3-1-,4-1?,5-2?,6-2?,7-3?,8-4-,9-5?,10-6?,11-7-,12-8?,13-9?,14-10-,15-11?,15-13-,16-12-,16-14?. The van der Waals surface area contributed by atoms with E-state index in [2.05, 4.69) is 48.6 Å². The molecule has 0 bridgehead atoms. The summed E-state index contributed by atoms with van der Waals surface area (Å²) < 4.78 is 0. The van der Waals surface area contributed by atoms with Gasteiger partial charge >= 0.3 is 0 Å². The first-order valence-corrected chi connectivity index (χ1v) is 5.40. The van der Waals surface area contributed by atoms with Crippen LogP contribution in [0.15, 0.2) is 96.2 Å². The average Bonchev–Trinajstić information content (AvgIpc) is 2.46. The van der Waals surface area contributed by atoms with E-state index in [1.165, 1.54) is 11.1 Å². The molecule has 0 unspecified atom stereocenters. The van der Waals surface area contributed by atoms with E-state index < -0.39 is 0 Å². The maximum Gasteiger partial charge on any atom is -0.0184 e. The normalized spacial score (nSPS) is 33.0. The zero-order chi connectivity index (χ0) is 11.1. The molecule has 16 heavy (non-hydrogen) atoms. The molecule has 0 spiro atoms. The maximum atomic E-state index is 2.12. The van der Waals surface area contributed by atoms with Gasteiger partial charge in [0, 0.05) is 0 Å². The van der Waals surface area contributed by atoms with Crippen LogP contribution in [-0.4, -0.2) is 0 Å². The molecule has 0 N–H and O–H groups in total. The molecule has 0 amide bonds. The zero-order valence-electron chi connectivity index (χ0n) is 9.08. The van der Waals surface area contributed by atoms with Crippen LogP contribution in [-0.2, 0) is 0 Å². The fourth-order valence-electron chi connectivity index (χ4n) is 1.52. The first-order valence-electron chi connectivity index (χ1n) is 5.40. The van der Waals surface area contributed by atoms with Gasteiger partial charge in [0.25, 0.3) is 0 Å². The minimum Gasteiger partial charge on any atom is -0.0623 e. The van der Waals surface area contributed by atoms with Gasteiger partial charge in [0.1, 0.15) is 0 Å². The molecule has 0 aromatic carbocycles. The van der Waals surface area contributed by atoms with Gasteiger partial charge in [-0.15, -0.1) is 0 Å². The van der Waals surface area contributed by atoms with E-state index in [1.807, 2.05) is 36.5 Å². The highest BCUT2D eigenvalue weighted by Crippen LogP contribution is 2.16. The van der Waals surface area contributed by atoms with Crippen molar-refractivity contribution < 1.29 is 0 Å². The van der Waals surface area contributed by atoms with Crippen LogP contribution in [0.4, 0.5) is 0 Å². The summed E-state index contributed by atoms with van der Waals surface area (Å²) in [6, 6.07) is 0. The Morgan fingerprint density at radius 2 is 0.750 bits per heavy atom. The monoisotopic (exact) mass is 206 g/mol. The van der Waals surface area contributed by atoms with Crippen molar-refractivity contribution in [2.24, 2.45) is 0 Å². The molecule has 0 nitrogen and oxygen atoms in total. The van der Waals surface area contributed by atoms with Crippen LogP contribution in [0.5, 0.6) is 0 Å². The van der Waals surface area contributed by atoms with E-state index >= 15 is 0 Å². The lowest BCUT2D eigenvalue weighted by molar-refractivity contribution is 1.54. The third-order valence-electron chi connectivity index (χ3n) is 2.33. The topological polar surface area (TPSA) is 0 Å². The Morgan fingerprint density at radius 3 is 1.25 bits per heavy atom. The third-order valence-corrected chi connectivity index (χ3v) is 2.33. The van der Waals surface area contributed by atoms with Crippen molar-refractivity contribution in [3.05, 3.63) is 96.2 Å². The van der Waals surface area contributed by atoms with Crippen molar-refractivity contribution in [1.82, 2.24) is 0 Å². The van der Waals surface area contributed by atoms with Crippen LogP contribution < -0.4 is 0 Å². The van der Waals surface area contributed by atoms with E-state index in [0.29, 0.717) is 0 Å². The van der Waals surface area contributed by atoms with E-state index in [4.69, 9.17) is 0 Å². The molecule has 0 saturated carbocycles. The predicted molar refractivity (Wildman–Crippen MR) is 71.0 cm³/mol. The van der Waals surface area contributed by atoms with Crippen molar-refractivity contribution >= 4 is 0 Å². The van der Waals surface area contributed by atoms with Gasteiger partial charge in [-0.05, 0) is 11.1 Å². The average molecular weight is 206 g/mol. The molecule has 2 aliphatic rings. The lowest BCUT2D eigenvalue weighted by Crippen LogP contribution is -1.82. The second kappa shape index (κ2) is 5.72. The maximum absolute atomic E-state index is 2.12. The van der Waals surface area contributed by atoms with E-state index in [1.54, 1.807) is 0 Å². The van der Waals surface area contributed by atoms with Crippen LogP contribution in [0.2, 0.25) is 0 Å². The molecular weight excluding hydrogens is 192 g/mol. The molecule has 0 heteroatoms. The molecular formula is C16H14. The summed E-state index contributed by atoms with van der Waals surface area (Å²) in [5, 5.41) is 0. The minimum absolute atomic E-state index is 1.22. The second-order valence-corrected chi connectivity index (χ2v) is 3.50. The molecule has 2 aliphatic carbocycles. The molecule has 0 aromatic heterocycles. The Labute approximate surface area is 96.7 Å². The molecule has 0 radical (unpaired) electrons. The Balaban J connectivity index is 2.46. The molecule has 78 valence electrons. The van der Waals surface area contributed by atoms with Gasteiger partial charge in [0.15, 0.2) is 0 Å². The lowest BCUT2D eigenvalue weighted by Gasteiger charge is -2.01. The van der Waals surface area contributed by atoms with Gasteiger partial charge in [0.05, 0.1) is 0 Å². The fraction of sp³-hybridized carbons (Fsp3) is 0. The summed E-state index contributed by atoms with van der Waals surface area (Å²) in [4.78, 5) is 0. The van der Waals surface area contributed by atoms with Gasteiger partial charge < -0.3 is 0 Å². The molecule has 0 aromatic rings. The quantitative estimate of drug-likeness (QED) is 0.557. The number of fused-ring (bicyclic) bond motifs is 1. The number of rotatable bonds is 0. The van der Waals surface area contributed by atoms with Crippen molar-refractivity contribution in [2.45, 2.75) is 0 Å². The van der Waals surface area contributed by atoms with Crippen molar-refractivity contribution in [3.8, 4) is 0 Å². The Hall–Kier alpha value is -2.08. The van der Waals surface area contributed by atoms with Crippen molar-refractivity contribution in [3.63, 3.8) is 0 Å². The lowest BCUT2D eigenvalue weighted by atomic mass is 10.0. The summed E-state index contributed by atoms with van der Waals surface area (Å²) in [5.41, 5.74) is 2.43. The largest absolute Gasteiger partial charge is 0.0623 e. The molecule has 0 saturated heterocycles. The van der Waals surface area contributed by atoms with E-state index in [9.17, 15) is 0 Å². The zero-order valence-corrected chi connectivity index (χ0v) is 9.08. The van der Waals surface area contributed by atoms with Crippen molar-refractivity contribution in [1.29, 1.82) is 0 Å². The molecule has 0 aliphatic heterocycles. The Kier molecular flexibility index (Phi) is 3.73. The SMILES string of the molecule is C1=C\C=C/C2=C/C=C\C=C/C=C\C2=C\C=C1. The van der Waals surface area contributed by atoms with Crippen molar-refractivity contribution in [2.75, 3.05) is 0 Å². The first-order chi connectivity index (χ1) is 7.97. The molecule has 0 fully saturated rings. The summed E-state index contributed by atoms with van der Waals surface area (Å²) in [7, 11) is 0. The predicted octanol–water partition coefficient (Wildman–Crippen LogP) is 4.20.